The van der Waals surface area contributed by atoms with Crippen LogP contribution in [0.1, 0.15) is 20.8 Å². The highest BCUT2D eigenvalue weighted by Crippen LogP contribution is 2.27. The molecule has 0 bridgehead atoms. The molecule has 0 rings (SSSR count). The van der Waals surface area contributed by atoms with Gasteiger partial charge in [-0.3, -0.25) is 0 Å². The number of rotatable bonds is 2. The first-order valence-electron chi connectivity index (χ1n) is 2.92. The highest BCUT2D eigenvalue weighted by Gasteiger charge is 2.33. The van der Waals surface area contributed by atoms with E-state index >= 15 is 0 Å². The summed E-state index contributed by atoms with van der Waals surface area (Å²) in [5.41, 5.74) is 4.24. The molecule has 0 saturated heterocycles. The van der Waals surface area contributed by atoms with Crippen molar-refractivity contribution in [2.45, 2.75) is 33.2 Å². The van der Waals surface area contributed by atoms with Crippen LogP contribution in [0.5, 0.6) is 0 Å². The van der Waals surface area contributed by atoms with Gasteiger partial charge in [-0.15, -0.1) is 0 Å². The molecule has 56 valence electrons. The maximum absolute atomic E-state index is 12.0. The van der Waals surface area contributed by atoms with Gasteiger partial charge in [-0.05, 0) is 6.92 Å². The Morgan fingerprint density at radius 3 is 1.67 bits per heavy atom. The average Bonchev–Trinajstić information content (AvgIpc) is 1.65. The Bertz CT molecular complexity index is 79.1. The molecule has 0 saturated carbocycles. The quantitative estimate of drug-likeness (QED) is 0.615. The Hall–Kier alpha value is -0.180. The van der Waals surface area contributed by atoms with Gasteiger partial charge in [0.25, 0.3) is 0 Å². The Balaban J connectivity index is 4.01. The zero-order chi connectivity index (χ0) is 7.65. The van der Waals surface area contributed by atoms with Crippen molar-refractivity contribution in [2.75, 3.05) is 0 Å². The molecule has 2 N–H and O–H groups in total. The van der Waals surface area contributed by atoms with E-state index in [0.717, 1.165) is 0 Å². The highest BCUT2D eigenvalue weighted by molar-refractivity contribution is 4.79. The lowest BCUT2D eigenvalue weighted by atomic mass is 9.87. The van der Waals surface area contributed by atoms with E-state index in [1.54, 1.807) is 6.92 Å². The van der Waals surface area contributed by atoms with Crippen molar-refractivity contribution in [1.29, 1.82) is 0 Å². The lowest BCUT2D eigenvalue weighted by Gasteiger charge is -2.27. The van der Waals surface area contributed by atoms with Crippen molar-refractivity contribution in [3.8, 4) is 0 Å². The maximum atomic E-state index is 12.0. The van der Waals surface area contributed by atoms with Crippen LogP contribution >= 0.6 is 0 Å². The van der Waals surface area contributed by atoms with Gasteiger partial charge in [0.1, 0.15) is 0 Å². The monoisotopic (exact) mass is 137 g/mol. The summed E-state index contributed by atoms with van der Waals surface area (Å²) in [4.78, 5) is 0. The van der Waals surface area contributed by atoms with E-state index in [9.17, 15) is 8.78 Å². The molecule has 3 heteroatoms. The standard InChI is InChI=1S/C6H13F2N/c1-4(9)6(2,3)5(7)8/h4-5H,9H2,1-3H3/t4-/m0/s1. The summed E-state index contributed by atoms with van der Waals surface area (Å²) >= 11 is 0. The minimum absolute atomic E-state index is 0.461. The van der Waals surface area contributed by atoms with Crippen molar-refractivity contribution < 1.29 is 8.78 Å². The molecule has 0 aliphatic heterocycles. The summed E-state index contributed by atoms with van der Waals surface area (Å²) in [5.74, 6) is 0. The molecule has 9 heavy (non-hydrogen) atoms. The number of halogens is 2. The molecule has 0 heterocycles. The van der Waals surface area contributed by atoms with Crippen molar-refractivity contribution in [3.63, 3.8) is 0 Å². The molecule has 0 radical (unpaired) electrons. The summed E-state index contributed by atoms with van der Waals surface area (Å²) in [6, 6.07) is -0.461. The third kappa shape index (κ3) is 1.90. The molecule has 0 aromatic rings. The molecule has 0 spiro atoms. The van der Waals surface area contributed by atoms with Gasteiger partial charge in [-0.2, -0.15) is 0 Å². The van der Waals surface area contributed by atoms with E-state index < -0.39 is 17.9 Å². The molecule has 0 aliphatic rings. The Labute approximate surface area is 54.2 Å². The van der Waals surface area contributed by atoms with Gasteiger partial charge >= 0.3 is 0 Å². The van der Waals surface area contributed by atoms with Gasteiger partial charge in [0, 0.05) is 11.5 Å². The van der Waals surface area contributed by atoms with Gasteiger partial charge in [0.2, 0.25) is 6.43 Å². The van der Waals surface area contributed by atoms with Crippen LogP contribution < -0.4 is 5.73 Å². The number of nitrogens with two attached hydrogens (primary N) is 1. The van der Waals surface area contributed by atoms with E-state index in [-0.39, 0.29) is 0 Å². The van der Waals surface area contributed by atoms with Crippen molar-refractivity contribution >= 4 is 0 Å². The third-order valence-electron chi connectivity index (χ3n) is 1.74. The molecule has 0 fully saturated rings. The fraction of sp³-hybridized carbons (Fsp3) is 1.00. The Morgan fingerprint density at radius 2 is 1.67 bits per heavy atom. The van der Waals surface area contributed by atoms with Crippen molar-refractivity contribution in [1.82, 2.24) is 0 Å². The minimum Gasteiger partial charge on any atom is -0.327 e. The number of hydrogen-bond acceptors (Lipinski definition) is 1. The fourth-order valence-corrected chi connectivity index (χ4v) is 0.199. The maximum Gasteiger partial charge on any atom is 0.245 e. The molecule has 0 aromatic carbocycles. The fourth-order valence-electron chi connectivity index (χ4n) is 0.199. The van der Waals surface area contributed by atoms with Crippen LogP contribution in [0.3, 0.4) is 0 Å². The zero-order valence-electron chi connectivity index (χ0n) is 5.99. The zero-order valence-corrected chi connectivity index (χ0v) is 5.99. The highest BCUT2D eigenvalue weighted by atomic mass is 19.3. The summed E-state index contributed by atoms with van der Waals surface area (Å²) in [7, 11) is 0. The second-order valence-electron chi connectivity index (χ2n) is 2.91. The minimum atomic E-state index is -2.34. The van der Waals surface area contributed by atoms with E-state index in [1.165, 1.54) is 13.8 Å². The van der Waals surface area contributed by atoms with Crippen LogP contribution in [0.2, 0.25) is 0 Å². The van der Waals surface area contributed by atoms with E-state index in [1.807, 2.05) is 0 Å². The summed E-state index contributed by atoms with van der Waals surface area (Å²) in [6.07, 6.45) is -2.34. The first-order chi connectivity index (χ1) is 3.89. The lowest BCUT2D eigenvalue weighted by molar-refractivity contribution is 0.00632. The second kappa shape index (κ2) is 2.60. The SMILES string of the molecule is C[C@H](N)C(C)(C)C(F)F. The third-order valence-corrected chi connectivity index (χ3v) is 1.74. The van der Waals surface area contributed by atoms with Crippen molar-refractivity contribution in [3.05, 3.63) is 0 Å². The topological polar surface area (TPSA) is 26.0 Å². The Kier molecular flexibility index (Phi) is 2.55. The predicted molar refractivity (Wildman–Crippen MR) is 33.4 cm³/mol. The lowest BCUT2D eigenvalue weighted by Crippen LogP contribution is -2.39. The number of hydrogen-bond donors (Lipinski definition) is 1. The van der Waals surface area contributed by atoms with Crippen LogP contribution in [0.15, 0.2) is 0 Å². The first-order valence-corrected chi connectivity index (χ1v) is 2.92. The largest absolute Gasteiger partial charge is 0.327 e. The van der Waals surface area contributed by atoms with Crippen LogP contribution in [-0.2, 0) is 0 Å². The average molecular weight is 137 g/mol. The predicted octanol–water partition coefficient (Wildman–Crippen LogP) is 1.62. The van der Waals surface area contributed by atoms with Gasteiger partial charge < -0.3 is 5.73 Å². The van der Waals surface area contributed by atoms with E-state index in [2.05, 4.69) is 0 Å². The van der Waals surface area contributed by atoms with Crippen LogP contribution in [-0.4, -0.2) is 12.5 Å². The van der Waals surface area contributed by atoms with Gasteiger partial charge in [-0.1, -0.05) is 13.8 Å². The molecule has 0 amide bonds. The van der Waals surface area contributed by atoms with E-state index in [4.69, 9.17) is 5.73 Å². The molecule has 0 aliphatic carbocycles. The summed E-state index contributed by atoms with van der Waals surface area (Å²) in [5, 5.41) is 0. The smallest absolute Gasteiger partial charge is 0.245 e. The van der Waals surface area contributed by atoms with Crippen molar-refractivity contribution in [2.24, 2.45) is 11.1 Å². The van der Waals surface area contributed by atoms with Crippen LogP contribution in [0.25, 0.3) is 0 Å². The van der Waals surface area contributed by atoms with Gasteiger partial charge in [-0.25, -0.2) is 8.78 Å². The Morgan fingerprint density at radius 1 is 1.33 bits per heavy atom. The molecule has 1 nitrogen and oxygen atoms in total. The summed E-state index contributed by atoms with van der Waals surface area (Å²) in [6.45, 7) is 4.51. The van der Waals surface area contributed by atoms with E-state index in [0.29, 0.717) is 0 Å². The molecular weight excluding hydrogens is 124 g/mol. The van der Waals surface area contributed by atoms with Gasteiger partial charge in [0.05, 0.1) is 0 Å². The summed E-state index contributed by atoms with van der Waals surface area (Å²) < 4.78 is 24.0. The molecule has 0 unspecified atom stereocenters. The number of alkyl halides is 2. The van der Waals surface area contributed by atoms with Gasteiger partial charge in [0.15, 0.2) is 0 Å². The molecular formula is C6H13F2N. The second-order valence-corrected chi connectivity index (χ2v) is 2.91. The molecule has 0 aromatic heterocycles. The normalized spacial score (nSPS) is 16.3. The first kappa shape index (κ1) is 8.82. The van der Waals surface area contributed by atoms with Crippen LogP contribution in [0.4, 0.5) is 8.78 Å². The van der Waals surface area contributed by atoms with Crippen LogP contribution in [0, 0.1) is 5.41 Å². The molecule has 1 atom stereocenters.